The third kappa shape index (κ3) is 5.83. The molecule has 1 heteroatoms. The summed E-state index contributed by atoms with van der Waals surface area (Å²) < 4.78 is 0. The fraction of sp³-hybridized carbons (Fsp3) is 0.778. The van der Waals surface area contributed by atoms with Gasteiger partial charge in [-0.1, -0.05) is 19.1 Å². The van der Waals surface area contributed by atoms with Crippen molar-refractivity contribution in [2.75, 3.05) is 6.54 Å². The summed E-state index contributed by atoms with van der Waals surface area (Å²) in [6.07, 6.45) is 6.77. The molecule has 1 unspecified atom stereocenters. The van der Waals surface area contributed by atoms with Crippen molar-refractivity contribution in [2.24, 2.45) is 0 Å². The summed E-state index contributed by atoms with van der Waals surface area (Å²) >= 11 is 0. The number of rotatable bonds is 5. The fourth-order valence-corrected chi connectivity index (χ4v) is 0.963. The molecule has 0 aromatic rings. The van der Waals surface area contributed by atoms with E-state index in [1.807, 2.05) is 0 Å². The van der Waals surface area contributed by atoms with Crippen molar-refractivity contribution in [3.63, 3.8) is 0 Å². The molecule has 0 aromatic carbocycles. The van der Waals surface area contributed by atoms with Gasteiger partial charge in [0.1, 0.15) is 0 Å². The number of hydrogen-bond donors (Lipinski definition) is 1. The van der Waals surface area contributed by atoms with Gasteiger partial charge in [-0.25, -0.2) is 0 Å². The molecule has 0 radical (unpaired) electrons. The van der Waals surface area contributed by atoms with Crippen LogP contribution >= 0.6 is 0 Å². The topological polar surface area (TPSA) is 12.0 Å². The molecule has 0 aliphatic heterocycles. The minimum atomic E-state index is 0.668. The van der Waals surface area contributed by atoms with Crippen LogP contribution in [0.3, 0.4) is 0 Å². The summed E-state index contributed by atoms with van der Waals surface area (Å²) in [5.41, 5.74) is 0. The SMILES string of the molecule is C/C=C/CCC(C)NCC. The Morgan fingerprint density at radius 2 is 2.20 bits per heavy atom. The predicted molar refractivity (Wildman–Crippen MR) is 47.2 cm³/mol. The van der Waals surface area contributed by atoms with Gasteiger partial charge in [0, 0.05) is 6.04 Å². The van der Waals surface area contributed by atoms with Gasteiger partial charge in [0.25, 0.3) is 0 Å². The molecule has 0 saturated carbocycles. The monoisotopic (exact) mass is 141 g/mol. The van der Waals surface area contributed by atoms with Crippen LogP contribution in [0, 0.1) is 0 Å². The first-order valence-corrected chi connectivity index (χ1v) is 4.15. The highest BCUT2D eigenvalue weighted by molar-refractivity contribution is 4.78. The smallest absolute Gasteiger partial charge is 0.00415 e. The van der Waals surface area contributed by atoms with E-state index in [0.29, 0.717) is 6.04 Å². The van der Waals surface area contributed by atoms with E-state index in [9.17, 15) is 0 Å². The molecule has 0 aliphatic carbocycles. The average Bonchev–Trinajstić information content (AvgIpc) is 1.89. The summed E-state index contributed by atoms with van der Waals surface area (Å²) in [5.74, 6) is 0. The van der Waals surface area contributed by atoms with Crippen molar-refractivity contribution < 1.29 is 0 Å². The second-order valence-corrected chi connectivity index (χ2v) is 2.61. The van der Waals surface area contributed by atoms with E-state index in [1.165, 1.54) is 12.8 Å². The Labute approximate surface area is 64.5 Å². The second kappa shape index (κ2) is 6.81. The van der Waals surface area contributed by atoms with Crippen molar-refractivity contribution >= 4 is 0 Å². The zero-order valence-corrected chi connectivity index (χ0v) is 7.35. The molecule has 0 fully saturated rings. The highest BCUT2D eigenvalue weighted by Gasteiger charge is 1.95. The standard InChI is InChI=1S/C9H19N/c1-4-6-7-8-9(3)10-5-2/h4,6,9-10H,5,7-8H2,1-3H3/b6-4+. The molecule has 1 atom stereocenters. The van der Waals surface area contributed by atoms with Gasteiger partial charge in [-0.15, -0.1) is 0 Å². The van der Waals surface area contributed by atoms with Gasteiger partial charge >= 0.3 is 0 Å². The largest absolute Gasteiger partial charge is 0.315 e. The van der Waals surface area contributed by atoms with Gasteiger partial charge in [0.15, 0.2) is 0 Å². The summed E-state index contributed by atoms with van der Waals surface area (Å²) in [7, 11) is 0. The highest BCUT2D eigenvalue weighted by atomic mass is 14.9. The van der Waals surface area contributed by atoms with E-state index in [0.717, 1.165) is 6.54 Å². The Kier molecular flexibility index (Phi) is 6.61. The van der Waals surface area contributed by atoms with Crippen LogP contribution < -0.4 is 5.32 Å². The van der Waals surface area contributed by atoms with E-state index < -0.39 is 0 Å². The van der Waals surface area contributed by atoms with Crippen LogP contribution in [0.25, 0.3) is 0 Å². The molecule has 0 rings (SSSR count). The number of hydrogen-bond acceptors (Lipinski definition) is 1. The summed E-state index contributed by atoms with van der Waals surface area (Å²) in [6.45, 7) is 7.52. The number of nitrogens with one attached hydrogen (secondary N) is 1. The van der Waals surface area contributed by atoms with E-state index in [-0.39, 0.29) is 0 Å². The maximum absolute atomic E-state index is 3.37. The van der Waals surface area contributed by atoms with Gasteiger partial charge in [0.2, 0.25) is 0 Å². The summed E-state index contributed by atoms with van der Waals surface area (Å²) in [4.78, 5) is 0. The fourth-order valence-electron chi connectivity index (χ4n) is 0.963. The molecule has 1 N–H and O–H groups in total. The van der Waals surface area contributed by atoms with Crippen molar-refractivity contribution in [1.82, 2.24) is 5.32 Å². The molecule has 0 heterocycles. The highest BCUT2D eigenvalue weighted by Crippen LogP contribution is 1.96. The molecule has 10 heavy (non-hydrogen) atoms. The molecule has 0 aromatic heterocycles. The van der Waals surface area contributed by atoms with Crippen molar-refractivity contribution in [1.29, 1.82) is 0 Å². The Hall–Kier alpha value is -0.300. The van der Waals surface area contributed by atoms with Gasteiger partial charge in [-0.05, 0) is 33.2 Å². The van der Waals surface area contributed by atoms with E-state index in [4.69, 9.17) is 0 Å². The molecular formula is C9H19N. The van der Waals surface area contributed by atoms with Crippen molar-refractivity contribution in [2.45, 2.75) is 39.7 Å². The van der Waals surface area contributed by atoms with Gasteiger partial charge in [-0.3, -0.25) is 0 Å². The molecule has 1 nitrogen and oxygen atoms in total. The van der Waals surface area contributed by atoms with Crippen molar-refractivity contribution in [3.05, 3.63) is 12.2 Å². The molecule has 0 spiro atoms. The van der Waals surface area contributed by atoms with Gasteiger partial charge in [0.05, 0.1) is 0 Å². The Morgan fingerprint density at radius 1 is 1.50 bits per heavy atom. The third-order valence-corrected chi connectivity index (χ3v) is 1.55. The molecule has 0 bridgehead atoms. The van der Waals surface area contributed by atoms with Crippen LogP contribution in [0.1, 0.15) is 33.6 Å². The lowest BCUT2D eigenvalue weighted by molar-refractivity contribution is 0.535. The normalized spacial score (nSPS) is 14.3. The van der Waals surface area contributed by atoms with Crippen molar-refractivity contribution in [3.8, 4) is 0 Å². The lowest BCUT2D eigenvalue weighted by Crippen LogP contribution is -2.24. The maximum atomic E-state index is 3.37. The first kappa shape index (κ1) is 9.70. The summed E-state index contributed by atoms with van der Waals surface area (Å²) in [6, 6.07) is 0.668. The van der Waals surface area contributed by atoms with Crippen LogP contribution in [-0.2, 0) is 0 Å². The lowest BCUT2D eigenvalue weighted by Gasteiger charge is -2.09. The zero-order chi connectivity index (χ0) is 7.82. The lowest BCUT2D eigenvalue weighted by atomic mass is 10.2. The van der Waals surface area contributed by atoms with Gasteiger partial charge in [-0.2, -0.15) is 0 Å². The maximum Gasteiger partial charge on any atom is 0.00415 e. The first-order chi connectivity index (χ1) is 4.81. The van der Waals surface area contributed by atoms with Gasteiger partial charge < -0.3 is 5.32 Å². The minimum Gasteiger partial charge on any atom is -0.315 e. The van der Waals surface area contributed by atoms with Crippen LogP contribution in [-0.4, -0.2) is 12.6 Å². The molecule has 0 aliphatic rings. The van der Waals surface area contributed by atoms with Crippen LogP contribution in [0.5, 0.6) is 0 Å². The Bertz CT molecular complexity index is 86.7. The minimum absolute atomic E-state index is 0.668. The molecule has 60 valence electrons. The molecular weight excluding hydrogens is 122 g/mol. The van der Waals surface area contributed by atoms with E-state index in [2.05, 4.69) is 38.2 Å². The summed E-state index contributed by atoms with van der Waals surface area (Å²) in [5, 5.41) is 3.37. The Morgan fingerprint density at radius 3 is 2.70 bits per heavy atom. The quantitative estimate of drug-likeness (QED) is 0.579. The predicted octanol–water partition coefficient (Wildman–Crippen LogP) is 2.34. The van der Waals surface area contributed by atoms with Crippen LogP contribution in [0.2, 0.25) is 0 Å². The van der Waals surface area contributed by atoms with Crippen LogP contribution in [0.15, 0.2) is 12.2 Å². The zero-order valence-electron chi connectivity index (χ0n) is 7.35. The van der Waals surface area contributed by atoms with E-state index in [1.54, 1.807) is 0 Å². The average molecular weight is 141 g/mol. The molecule has 0 amide bonds. The third-order valence-electron chi connectivity index (χ3n) is 1.55. The second-order valence-electron chi connectivity index (χ2n) is 2.61. The van der Waals surface area contributed by atoms with E-state index >= 15 is 0 Å². The van der Waals surface area contributed by atoms with Crippen LogP contribution in [0.4, 0.5) is 0 Å². The molecule has 0 saturated heterocycles. The first-order valence-electron chi connectivity index (χ1n) is 4.15. The number of allylic oxidation sites excluding steroid dienone is 2. The Balaban J connectivity index is 3.12.